The number of hydrogen-bond acceptors (Lipinski definition) is 5. The highest BCUT2D eigenvalue weighted by Crippen LogP contribution is 2.34. The largest absolute Gasteiger partial charge is 0.580 e. The van der Waals surface area contributed by atoms with Gasteiger partial charge >= 0.3 is 16.0 Å². The molecule has 0 fully saturated rings. The number of carbonyl (C=O) groups is 1. The molecule has 1 aliphatic heterocycles. The molecule has 3 aromatic carbocycles. The van der Waals surface area contributed by atoms with Crippen LogP contribution in [0.2, 0.25) is 0 Å². The first kappa shape index (κ1) is 38.1. The lowest BCUT2D eigenvalue weighted by molar-refractivity contribution is -0.332. The Hall–Kier alpha value is -5.63. The Balaban J connectivity index is 0.000000141. The van der Waals surface area contributed by atoms with Crippen molar-refractivity contribution in [3.05, 3.63) is 142 Å². The summed E-state index contributed by atoms with van der Waals surface area (Å²) < 4.78 is 3.29. The first-order chi connectivity index (χ1) is 25.7. The van der Waals surface area contributed by atoms with Crippen molar-refractivity contribution in [3.63, 3.8) is 0 Å². The third kappa shape index (κ3) is 8.76. The van der Waals surface area contributed by atoms with E-state index in [-0.39, 0.29) is 5.78 Å². The standard InChI is InChI=1S/C17H18BN2.C16H17BN3.C11H10BNO/c1-19(2)16-6-4-12-8-13-5-7-17(20(3)18)11-15(13)9-14(12)10-16;1-19(2)13-4-6-15-11(9-13)8-12-10-14(20(3)17)5-7-16(12)18-15;1-13(12)10-4-2-8-3-5-11(14)7-9(8)6-10/h4-8,10-11H,9H2,1-3H3;4-7,9-10H,8H2,1-3H3;2-6H,7H2,1H3/q2*+1;. The van der Waals surface area contributed by atoms with Crippen molar-refractivity contribution in [2.75, 3.05) is 63.9 Å². The van der Waals surface area contributed by atoms with E-state index in [0.717, 1.165) is 52.5 Å². The van der Waals surface area contributed by atoms with Gasteiger partial charge in [-0.2, -0.15) is 0 Å². The molecule has 0 aromatic heterocycles. The molecule has 0 unspecified atom stereocenters. The van der Waals surface area contributed by atoms with Crippen molar-refractivity contribution in [2.45, 2.75) is 19.3 Å². The predicted octanol–water partition coefficient (Wildman–Crippen LogP) is 5.74. The van der Waals surface area contributed by atoms with Gasteiger partial charge in [0.05, 0.1) is 11.4 Å². The zero-order chi connectivity index (χ0) is 38.7. The summed E-state index contributed by atoms with van der Waals surface area (Å²) in [4.78, 5) is 21.7. The van der Waals surface area contributed by atoms with Gasteiger partial charge < -0.3 is 23.6 Å². The third-order valence-electron chi connectivity index (χ3n) is 9.89. The van der Waals surface area contributed by atoms with Crippen LogP contribution < -0.4 is 14.6 Å². The first-order valence-electron chi connectivity index (χ1n) is 18.0. The van der Waals surface area contributed by atoms with Crippen LogP contribution >= 0.6 is 0 Å². The van der Waals surface area contributed by atoms with Gasteiger partial charge in [0.2, 0.25) is 7.98 Å². The molecule has 264 valence electrons. The highest BCUT2D eigenvalue weighted by Gasteiger charge is 2.21. The number of allylic oxidation sites excluding steroid dienone is 10. The molecule has 0 spiro atoms. The summed E-state index contributed by atoms with van der Waals surface area (Å²) in [6.45, 7) is 0. The molecule has 5 aliphatic rings. The summed E-state index contributed by atoms with van der Waals surface area (Å²) in [7, 11) is 31.0. The van der Waals surface area contributed by atoms with Crippen molar-refractivity contribution in [1.29, 1.82) is 0 Å². The van der Waals surface area contributed by atoms with E-state index >= 15 is 0 Å². The minimum Gasteiger partial charge on any atom is -0.427 e. The fourth-order valence-electron chi connectivity index (χ4n) is 6.68. The molecular weight excluding hydrogens is 661 g/mol. The van der Waals surface area contributed by atoms with E-state index in [0.29, 0.717) is 6.42 Å². The fourth-order valence-corrected chi connectivity index (χ4v) is 6.68. The van der Waals surface area contributed by atoms with Crippen molar-refractivity contribution >= 4 is 81.8 Å². The first-order valence-corrected chi connectivity index (χ1v) is 18.0. The molecule has 0 N–H and O–H groups in total. The van der Waals surface area contributed by atoms with Gasteiger partial charge in [0.15, 0.2) is 17.2 Å². The zero-order valence-corrected chi connectivity index (χ0v) is 32.3. The second-order valence-electron chi connectivity index (χ2n) is 14.5. The molecule has 54 heavy (non-hydrogen) atoms. The topological polar surface area (TPSA) is 45.2 Å². The fraction of sp³-hybridized carbons (Fsp3) is 0.227. The molecular formula is C44H45B3N6O+2. The molecule has 0 amide bonds. The van der Waals surface area contributed by atoms with Crippen molar-refractivity contribution in [1.82, 2.24) is 0 Å². The minimum atomic E-state index is 0.148. The van der Waals surface area contributed by atoms with E-state index in [1.54, 1.807) is 26.9 Å². The van der Waals surface area contributed by atoms with Crippen LogP contribution in [0, 0.1) is 0 Å². The summed E-state index contributed by atoms with van der Waals surface area (Å²) in [6.07, 6.45) is 20.6. The Morgan fingerprint density at radius 1 is 0.593 bits per heavy atom. The molecule has 0 saturated carbocycles. The molecule has 7 nitrogen and oxygen atoms in total. The molecule has 10 heteroatoms. The van der Waals surface area contributed by atoms with E-state index in [4.69, 9.17) is 28.9 Å². The highest BCUT2D eigenvalue weighted by molar-refractivity contribution is 6.22. The highest BCUT2D eigenvalue weighted by atomic mass is 16.1. The predicted molar refractivity (Wildman–Crippen MR) is 231 cm³/mol. The number of aliphatic imine (C=N–C) groups is 1. The van der Waals surface area contributed by atoms with Gasteiger partial charge in [-0.05, 0) is 125 Å². The Morgan fingerprint density at radius 3 is 1.81 bits per heavy atom. The molecule has 4 aliphatic carbocycles. The van der Waals surface area contributed by atoms with E-state index in [1.807, 2.05) is 50.5 Å². The van der Waals surface area contributed by atoms with E-state index < -0.39 is 0 Å². The maximum Gasteiger partial charge on any atom is 0.580 e. The Bertz CT molecular complexity index is 2170. The van der Waals surface area contributed by atoms with Gasteiger partial charge in [-0.1, -0.05) is 18.2 Å². The average Bonchev–Trinajstić information content (AvgIpc) is 3.15. The van der Waals surface area contributed by atoms with Crippen LogP contribution in [0.25, 0.3) is 12.2 Å². The summed E-state index contributed by atoms with van der Waals surface area (Å²) in [6, 6.07) is 18.9. The van der Waals surface area contributed by atoms with Gasteiger partial charge in [0.25, 0.3) is 0 Å². The molecule has 8 rings (SSSR count). The average molecular weight is 706 g/mol. The zero-order valence-electron chi connectivity index (χ0n) is 32.3. The SMILES string of the molecule is [B]N(C)c1ccc2c(c1)CC(=O)C=C2.[B][N+](C)=C1C=CC2=Cc3ccc(N(C)C)cc3CC2=C1.[B][N+](C)=C1C=CC2=Nc3ccc(N(C)C)cc3CC2=C1. The number of rotatable bonds is 3. The summed E-state index contributed by atoms with van der Waals surface area (Å²) in [5.74, 6) is 0.148. The smallest absolute Gasteiger partial charge is 0.427 e. The number of hydrogen-bond donors (Lipinski definition) is 0. The van der Waals surface area contributed by atoms with Gasteiger partial charge in [-0.3, -0.25) is 4.79 Å². The number of fused-ring (bicyclic) bond motifs is 5. The Kier molecular flexibility index (Phi) is 11.4. The van der Waals surface area contributed by atoms with Crippen molar-refractivity contribution in [3.8, 4) is 0 Å². The van der Waals surface area contributed by atoms with Crippen molar-refractivity contribution in [2.24, 2.45) is 4.99 Å². The molecule has 6 radical (unpaired) electrons. The summed E-state index contributed by atoms with van der Waals surface area (Å²) in [5.41, 5.74) is 17.5. The van der Waals surface area contributed by atoms with Gasteiger partial charge in [-0.25, -0.2) is 4.99 Å². The van der Waals surface area contributed by atoms with Crippen LogP contribution in [0.1, 0.15) is 27.8 Å². The lowest BCUT2D eigenvalue weighted by Gasteiger charge is -2.22. The maximum atomic E-state index is 11.2. The van der Waals surface area contributed by atoms with E-state index in [9.17, 15) is 4.79 Å². The molecule has 0 atom stereocenters. The van der Waals surface area contributed by atoms with E-state index in [2.05, 4.69) is 105 Å². The van der Waals surface area contributed by atoms with Gasteiger partial charge in [-0.15, -0.1) is 0 Å². The number of anilines is 3. The van der Waals surface area contributed by atoms with Crippen LogP contribution in [0.15, 0.2) is 119 Å². The quantitative estimate of drug-likeness (QED) is 0.258. The van der Waals surface area contributed by atoms with E-state index in [1.165, 1.54) is 44.8 Å². The van der Waals surface area contributed by atoms with Crippen molar-refractivity contribution < 1.29 is 13.8 Å². The van der Waals surface area contributed by atoms with Gasteiger partial charge in [0, 0.05) is 82.4 Å². The van der Waals surface area contributed by atoms with Crippen LogP contribution in [0.3, 0.4) is 0 Å². The Morgan fingerprint density at radius 2 is 1.15 bits per heavy atom. The number of ketones is 1. The monoisotopic (exact) mass is 706 g/mol. The lowest BCUT2D eigenvalue weighted by atomic mass is 9.84. The van der Waals surface area contributed by atoms with Crippen LogP contribution in [-0.2, 0) is 24.1 Å². The molecule has 1 heterocycles. The van der Waals surface area contributed by atoms with Crippen LogP contribution in [0.5, 0.6) is 0 Å². The van der Waals surface area contributed by atoms with Crippen LogP contribution in [0.4, 0.5) is 22.7 Å². The van der Waals surface area contributed by atoms with Crippen LogP contribution in [-0.4, -0.2) is 105 Å². The minimum absolute atomic E-state index is 0.148. The molecule has 3 aromatic rings. The normalized spacial score (nSPS) is 17.5. The van der Waals surface area contributed by atoms with Gasteiger partial charge in [0.1, 0.15) is 14.1 Å². The number of benzene rings is 3. The summed E-state index contributed by atoms with van der Waals surface area (Å²) >= 11 is 0. The number of nitrogens with zero attached hydrogens (tertiary/aromatic N) is 6. The maximum absolute atomic E-state index is 11.2. The second-order valence-corrected chi connectivity index (χ2v) is 14.5. The summed E-state index contributed by atoms with van der Waals surface area (Å²) in [5, 5.41) is 0. The third-order valence-corrected chi connectivity index (χ3v) is 9.89. The number of carbonyl (C=O) groups excluding carboxylic acids is 1. The molecule has 0 bridgehead atoms. The second kappa shape index (κ2) is 16.2. The molecule has 0 saturated heterocycles. The Labute approximate surface area is 324 Å². The lowest BCUT2D eigenvalue weighted by Crippen LogP contribution is -2.19.